The molecule has 8 nitrogen and oxygen atoms in total. The van der Waals surface area contributed by atoms with Crippen molar-refractivity contribution in [3.8, 4) is 0 Å². The Labute approximate surface area is 375 Å². The summed E-state index contributed by atoms with van der Waals surface area (Å²) in [6.07, 6.45) is 18.5. The molecule has 0 radical (unpaired) electrons. The summed E-state index contributed by atoms with van der Waals surface area (Å²) in [6, 6.07) is 0. The number of ketones is 2. The fraction of sp³-hybridized carbons (Fsp3) is 0.750. The molecule has 0 saturated heterocycles. The normalized spacial score (nSPS) is 43.2. The quantitative estimate of drug-likeness (QED) is 0.126. The highest BCUT2D eigenvalue weighted by molar-refractivity contribution is 6.29. The molecule has 6 fully saturated rings. The second-order valence-electron chi connectivity index (χ2n) is 21.9. The number of hydrogen-bond donors (Lipinski definition) is 4. The van der Waals surface area contributed by atoms with Crippen molar-refractivity contribution in [3.05, 3.63) is 59.3 Å². The van der Waals surface area contributed by atoms with Crippen LogP contribution >= 0.6 is 11.6 Å². The van der Waals surface area contributed by atoms with E-state index in [1.54, 1.807) is 25.5 Å². The summed E-state index contributed by atoms with van der Waals surface area (Å²) < 4.78 is 23.1. The predicted molar refractivity (Wildman–Crippen MR) is 242 cm³/mol. The molecule has 346 valence electrons. The van der Waals surface area contributed by atoms with Gasteiger partial charge in [-0.1, -0.05) is 83.4 Å². The van der Waals surface area contributed by atoms with Gasteiger partial charge in [-0.3, -0.25) is 14.4 Å². The Kier molecular flexibility index (Phi) is 14.3. The molecule has 0 amide bonds. The van der Waals surface area contributed by atoms with Crippen molar-refractivity contribution in [1.29, 1.82) is 0 Å². The Hall–Kier alpha value is -2.43. The number of aliphatic hydroxyl groups excluding tert-OH is 3. The molecule has 0 heterocycles. The van der Waals surface area contributed by atoms with Gasteiger partial charge in [0.15, 0.2) is 22.8 Å². The van der Waals surface area contributed by atoms with Crippen LogP contribution in [-0.4, -0.2) is 79.0 Å². The number of allylic oxidation sites excluding steroid dienone is 7. The van der Waals surface area contributed by atoms with Gasteiger partial charge in [-0.15, -0.1) is 11.6 Å². The maximum atomic E-state index is 17.2. The zero-order valence-electron chi connectivity index (χ0n) is 38.8. The molecule has 0 aliphatic heterocycles. The molecule has 7 rings (SSSR count). The Balaban J connectivity index is 0.000000207. The van der Waals surface area contributed by atoms with E-state index in [9.17, 15) is 34.8 Å². The zero-order chi connectivity index (χ0) is 45.8. The molecule has 0 bridgehead atoms. The topological polar surface area (TPSA) is 141 Å². The largest absolute Gasteiger partial charge is 0.450 e. The molecular formula is C52H76ClFO8. The average molecular weight is 884 g/mol. The summed E-state index contributed by atoms with van der Waals surface area (Å²) >= 11 is 6.01. The SMILES string of the molecule is C=C1/C(=C\C=C2/CCC[C@]3(C)[C@@H]([C@H](C)CCCC(C)(C)O)CC[C@@H]23)C[C@@H](O)C[C@@H]1O.CCC(=O)O[C@]1(C(=O)CCl)[C@@H](C)C[C@H]2[C@@H]3CCC4=CC(=O)C=C[C@]4(C)[C@@]3(F)[C@@H](O)C[C@@]21C. The van der Waals surface area contributed by atoms with Crippen LogP contribution in [0.15, 0.2) is 59.3 Å². The molecule has 0 aromatic carbocycles. The number of fused-ring (bicyclic) bond motifs is 6. The minimum absolute atomic E-state index is 0.0285. The molecule has 0 aromatic heterocycles. The van der Waals surface area contributed by atoms with E-state index < -0.39 is 57.9 Å². The molecule has 0 unspecified atom stereocenters. The van der Waals surface area contributed by atoms with Crippen LogP contribution < -0.4 is 0 Å². The lowest BCUT2D eigenvalue weighted by molar-refractivity contribution is -0.227. The van der Waals surface area contributed by atoms with Crippen LogP contribution in [0.3, 0.4) is 0 Å². The first kappa shape index (κ1) is 49.0. The van der Waals surface area contributed by atoms with E-state index in [-0.39, 0.29) is 42.1 Å². The number of alkyl halides is 2. The highest BCUT2D eigenvalue weighted by atomic mass is 35.5. The zero-order valence-corrected chi connectivity index (χ0v) is 39.5. The second-order valence-corrected chi connectivity index (χ2v) is 22.1. The van der Waals surface area contributed by atoms with Gasteiger partial charge in [-0.25, -0.2) is 4.39 Å². The first-order valence-corrected chi connectivity index (χ1v) is 24.3. The number of aliphatic hydroxyl groups is 4. The van der Waals surface area contributed by atoms with Gasteiger partial charge in [-0.2, -0.15) is 0 Å². The van der Waals surface area contributed by atoms with Gasteiger partial charge in [0, 0.05) is 35.5 Å². The van der Waals surface area contributed by atoms with Crippen LogP contribution in [0.25, 0.3) is 0 Å². The fourth-order valence-corrected chi connectivity index (χ4v) is 14.7. The van der Waals surface area contributed by atoms with Crippen LogP contribution in [0, 0.1) is 51.8 Å². The molecule has 7 aliphatic carbocycles. The van der Waals surface area contributed by atoms with Gasteiger partial charge in [0.05, 0.1) is 29.8 Å². The van der Waals surface area contributed by atoms with Crippen molar-refractivity contribution >= 4 is 29.1 Å². The van der Waals surface area contributed by atoms with E-state index in [1.165, 1.54) is 50.7 Å². The summed E-state index contributed by atoms with van der Waals surface area (Å²) in [5.74, 6) is -0.462. The third kappa shape index (κ3) is 8.35. The van der Waals surface area contributed by atoms with E-state index in [0.717, 1.165) is 29.9 Å². The highest BCUT2D eigenvalue weighted by Gasteiger charge is 2.77. The van der Waals surface area contributed by atoms with Crippen LogP contribution in [0.5, 0.6) is 0 Å². The minimum atomic E-state index is -1.99. The van der Waals surface area contributed by atoms with Crippen molar-refractivity contribution in [3.63, 3.8) is 0 Å². The number of carbonyl (C=O) groups excluding carboxylic acids is 3. The van der Waals surface area contributed by atoms with E-state index in [4.69, 9.17) is 16.3 Å². The van der Waals surface area contributed by atoms with E-state index in [2.05, 4.69) is 32.6 Å². The summed E-state index contributed by atoms with van der Waals surface area (Å²) in [6.45, 7) is 20.0. The summed E-state index contributed by atoms with van der Waals surface area (Å²) in [7, 11) is 0. The second kappa shape index (κ2) is 18.1. The molecule has 6 saturated carbocycles. The van der Waals surface area contributed by atoms with Gasteiger partial charge in [0.2, 0.25) is 0 Å². The smallest absolute Gasteiger partial charge is 0.306 e. The lowest BCUT2D eigenvalue weighted by atomic mass is 9.44. The van der Waals surface area contributed by atoms with Crippen molar-refractivity contribution in [2.75, 3.05) is 5.88 Å². The van der Waals surface area contributed by atoms with Gasteiger partial charge in [0.1, 0.15) is 0 Å². The molecule has 10 heteroatoms. The first-order valence-electron chi connectivity index (χ1n) is 23.7. The molecule has 4 N–H and O–H groups in total. The maximum absolute atomic E-state index is 17.2. The van der Waals surface area contributed by atoms with Crippen LogP contribution in [-0.2, 0) is 19.1 Å². The number of hydrogen-bond acceptors (Lipinski definition) is 8. The number of ether oxygens (including phenoxy) is 1. The van der Waals surface area contributed by atoms with Crippen molar-refractivity contribution < 1.29 is 43.9 Å². The molecule has 62 heavy (non-hydrogen) atoms. The van der Waals surface area contributed by atoms with Crippen molar-refractivity contribution in [2.24, 2.45) is 51.8 Å². The number of esters is 1. The van der Waals surface area contributed by atoms with Crippen molar-refractivity contribution in [2.45, 2.75) is 187 Å². The Morgan fingerprint density at radius 3 is 2.45 bits per heavy atom. The fourth-order valence-electron chi connectivity index (χ4n) is 14.5. The van der Waals surface area contributed by atoms with Crippen molar-refractivity contribution in [1.82, 2.24) is 0 Å². The third-order valence-corrected chi connectivity index (χ3v) is 18.0. The highest BCUT2D eigenvalue weighted by Crippen LogP contribution is 2.71. The Morgan fingerprint density at radius 1 is 1.08 bits per heavy atom. The van der Waals surface area contributed by atoms with E-state index >= 15 is 4.39 Å². The number of Topliss-reactive ketones (excluding diaryl/α,β-unsaturated/α-hetero) is 1. The van der Waals surface area contributed by atoms with Gasteiger partial charge >= 0.3 is 5.97 Å². The monoisotopic (exact) mass is 883 g/mol. The van der Waals surface area contributed by atoms with Crippen LogP contribution in [0.2, 0.25) is 0 Å². The van der Waals surface area contributed by atoms with Crippen LogP contribution in [0.1, 0.15) is 152 Å². The van der Waals surface area contributed by atoms with Gasteiger partial charge in [0.25, 0.3) is 0 Å². The molecular weight excluding hydrogens is 807 g/mol. The number of carbonyl (C=O) groups is 3. The number of rotatable bonds is 10. The molecule has 14 atom stereocenters. The van der Waals surface area contributed by atoms with Gasteiger partial charge in [-0.05, 0) is 144 Å². The van der Waals surface area contributed by atoms with E-state index in [0.29, 0.717) is 54.9 Å². The lowest BCUT2D eigenvalue weighted by Crippen LogP contribution is -2.70. The molecule has 0 aromatic rings. The van der Waals surface area contributed by atoms with Crippen LogP contribution in [0.4, 0.5) is 4.39 Å². The average Bonchev–Trinajstić information content (AvgIpc) is 3.67. The minimum Gasteiger partial charge on any atom is -0.450 e. The molecule has 7 aliphatic rings. The molecule has 0 spiro atoms. The third-order valence-electron chi connectivity index (χ3n) is 17.7. The summed E-state index contributed by atoms with van der Waals surface area (Å²) in [5, 5.41) is 41.6. The Morgan fingerprint density at radius 2 is 1.79 bits per heavy atom. The summed E-state index contributed by atoms with van der Waals surface area (Å²) in [5.41, 5.74) is -1.67. The predicted octanol–water partition coefficient (Wildman–Crippen LogP) is 9.81. The van der Waals surface area contributed by atoms with E-state index in [1.807, 2.05) is 27.7 Å². The Bertz CT molecular complexity index is 1880. The lowest BCUT2D eigenvalue weighted by Gasteiger charge is -2.62. The standard InChI is InChI=1S/C27H44O3.C25H32ClFO5/c1-18(8-6-14-26(3,4)30)23-12-13-24-20(9-7-15-27(23,24)5)10-11-21-16-22(28)17-25(29)19(21)2;1-5-21(31)32-25(20(30)13-26)14(2)10-18-17-7-6-15-11-16(28)8-9-22(15,3)24(17,27)19(29)12-23(18,25)4/h10-11,18,22-25,28-30H,2,6-9,12-17H2,1,3-5H3;8-9,11,14,17-19,29H,5-7,10,12-13H2,1-4H3/b20-10+,21-11-;/t18-,22-,23-,24+,25+,27-;14-,17-,18-,19-,22-,23-,24-,25-/m10/s1. The summed E-state index contributed by atoms with van der Waals surface area (Å²) in [4.78, 5) is 37.7. The number of halogens is 2. The maximum Gasteiger partial charge on any atom is 0.306 e. The first-order chi connectivity index (χ1) is 28.9. The van der Waals surface area contributed by atoms with Gasteiger partial charge < -0.3 is 25.2 Å².